The van der Waals surface area contributed by atoms with Crippen molar-refractivity contribution >= 4 is 27.8 Å². The van der Waals surface area contributed by atoms with Crippen molar-refractivity contribution in [2.45, 2.75) is 33.3 Å². The highest BCUT2D eigenvalue weighted by atomic mass is 79.9. The Bertz CT molecular complexity index is 547. The van der Waals surface area contributed by atoms with Crippen molar-refractivity contribution in [1.82, 2.24) is 0 Å². The van der Waals surface area contributed by atoms with E-state index in [1.807, 2.05) is 13.8 Å². The van der Waals surface area contributed by atoms with E-state index in [2.05, 4.69) is 15.9 Å². The molecule has 0 saturated carbocycles. The molecular weight excluding hydrogens is 354 g/mol. The first-order chi connectivity index (χ1) is 10.4. The lowest BCUT2D eigenvalue weighted by Gasteiger charge is -2.15. The number of amides is 1. The summed E-state index contributed by atoms with van der Waals surface area (Å²) in [4.78, 5) is 22.7. The SMILES string of the molecule is CCOc1cc(Br)c(CC(=O)O[C@@H](C)C(N)=O)cc1OCC. The van der Waals surface area contributed by atoms with E-state index < -0.39 is 18.0 Å². The van der Waals surface area contributed by atoms with Crippen LogP contribution in [-0.4, -0.2) is 31.2 Å². The summed E-state index contributed by atoms with van der Waals surface area (Å²) in [5.74, 6) is -0.0788. The first-order valence-electron chi connectivity index (χ1n) is 6.95. The highest BCUT2D eigenvalue weighted by Gasteiger charge is 2.18. The lowest BCUT2D eigenvalue weighted by Crippen LogP contribution is -2.31. The van der Waals surface area contributed by atoms with Crippen LogP contribution in [-0.2, 0) is 20.7 Å². The summed E-state index contributed by atoms with van der Waals surface area (Å²) in [5.41, 5.74) is 5.74. The number of halogens is 1. The number of primary amides is 1. The van der Waals surface area contributed by atoms with Gasteiger partial charge in [0.2, 0.25) is 0 Å². The Hall–Kier alpha value is -1.76. The molecule has 6 nitrogen and oxygen atoms in total. The fraction of sp³-hybridized carbons (Fsp3) is 0.467. The molecule has 0 aliphatic carbocycles. The number of nitrogens with two attached hydrogens (primary N) is 1. The Morgan fingerprint density at radius 2 is 1.73 bits per heavy atom. The zero-order valence-electron chi connectivity index (χ0n) is 12.8. The molecule has 0 saturated heterocycles. The molecule has 7 heteroatoms. The summed E-state index contributed by atoms with van der Waals surface area (Å²) in [6, 6.07) is 3.46. The van der Waals surface area contributed by atoms with Crippen molar-refractivity contribution in [2.75, 3.05) is 13.2 Å². The van der Waals surface area contributed by atoms with E-state index in [0.29, 0.717) is 34.7 Å². The van der Waals surface area contributed by atoms with Gasteiger partial charge in [0.05, 0.1) is 19.6 Å². The number of ether oxygens (including phenoxy) is 3. The summed E-state index contributed by atoms with van der Waals surface area (Å²) >= 11 is 3.39. The van der Waals surface area contributed by atoms with Gasteiger partial charge < -0.3 is 19.9 Å². The number of carbonyl (C=O) groups is 2. The molecule has 0 aliphatic rings. The zero-order chi connectivity index (χ0) is 16.7. The van der Waals surface area contributed by atoms with Crippen molar-refractivity contribution in [3.8, 4) is 11.5 Å². The van der Waals surface area contributed by atoms with Crippen molar-refractivity contribution in [3.63, 3.8) is 0 Å². The Morgan fingerprint density at radius 3 is 2.23 bits per heavy atom. The number of benzene rings is 1. The Balaban J connectivity index is 2.92. The molecule has 0 bridgehead atoms. The van der Waals surface area contributed by atoms with Crippen LogP contribution in [0, 0.1) is 0 Å². The highest BCUT2D eigenvalue weighted by Crippen LogP contribution is 2.34. The topological polar surface area (TPSA) is 87.9 Å². The minimum atomic E-state index is -0.958. The number of carbonyl (C=O) groups excluding carboxylic acids is 2. The molecule has 0 aliphatic heterocycles. The summed E-state index contributed by atoms with van der Waals surface area (Å²) < 4.78 is 16.6. The molecule has 2 N–H and O–H groups in total. The predicted octanol–water partition coefficient (Wildman–Crippen LogP) is 2.21. The highest BCUT2D eigenvalue weighted by molar-refractivity contribution is 9.10. The molecule has 0 radical (unpaired) electrons. The zero-order valence-corrected chi connectivity index (χ0v) is 14.4. The van der Waals surface area contributed by atoms with Crippen LogP contribution in [0.4, 0.5) is 0 Å². The van der Waals surface area contributed by atoms with Gasteiger partial charge in [0.1, 0.15) is 0 Å². The van der Waals surface area contributed by atoms with Crippen LogP contribution in [0.2, 0.25) is 0 Å². The van der Waals surface area contributed by atoms with E-state index in [-0.39, 0.29) is 6.42 Å². The average Bonchev–Trinajstić information content (AvgIpc) is 2.44. The fourth-order valence-corrected chi connectivity index (χ4v) is 2.16. The van der Waals surface area contributed by atoms with E-state index in [0.717, 1.165) is 0 Å². The molecule has 1 aromatic carbocycles. The minimum Gasteiger partial charge on any atom is -0.490 e. The predicted molar refractivity (Wildman–Crippen MR) is 84.9 cm³/mol. The average molecular weight is 374 g/mol. The number of hydrogen-bond acceptors (Lipinski definition) is 5. The van der Waals surface area contributed by atoms with Gasteiger partial charge in [-0.1, -0.05) is 15.9 Å². The number of rotatable bonds is 8. The minimum absolute atomic E-state index is 0.00924. The molecule has 0 unspecified atom stereocenters. The molecule has 1 amide bonds. The fourth-order valence-electron chi connectivity index (χ4n) is 1.70. The lowest BCUT2D eigenvalue weighted by atomic mass is 10.1. The van der Waals surface area contributed by atoms with Crippen LogP contribution < -0.4 is 15.2 Å². The maximum Gasteiger partial charge on any atom is 0.311 e. The molecule has 0 aromatic heterocycles. The third-order valence-electron chi connectivity index (χ3n) is 2.76. The Kier molecular flexibility index (Phi) is 7.17. The molecule has 0 spiro atoms. The molecule has 22 heavy (non-hydrogen) atoms. The molecular formula is C15H20BrNO5. The smallest absolute Gasteiger partial charge is 0.311 e. The monoisotopic (exact) mass is 373 g/mol. The van der Waals surface area contributed by atoms with Crippen LogP contribution in [0.5, 0.6) is 11.5 Å². The van der Waals surface area contributed by atoms with Crippen molar-refractivity contribution in [2.24, 2.45) is 5.73 Å². The van der Waals surface area contributed by atoms with Gasteiger partial charge in [-0.2, -0.15) is 0 Å². The summed E-state index contributed by atoms with van der Waals surface area (Å²) in [7, 11) is 0. The maximum atomic E-state index is 11.8. The molecule has 1 atom stereocenters. The van der Waals surface area contributed by atoms with Gasteiger partial charge in [0.15, 0.2) is 17.6 Å². The number of esters is 1. The van der Waals surface area contributed by atoms with E-state index in [1.54, 1.807) is 12.1 Å². The first-order valence-corrected chi connectivity index (χ1v) is 7.75. The van der Waals surface area contributed by atoms with Crippen molar-refractivity contribution < 1.29 is 23.8 Å². The van der Waals surface area contributed by atoms with E-state index >= 15 is 0 Å². The quantitative estimate of drug-likeness (QED) is 0.705. The van der Waals surface area contributed by atoms with Crippen LogP contribution in [0.25, 0.3) is 0 Å². The summed E-state index contributed by atoms with van der Waals surface area (Å²) in [5, 5.41) is 0. The van der Waals surface area contributed by atoms with Gasteiger partial charge in [-0.05, 0) is 38.5 Å². The van der Waals surface area contributed by atoms with E-state index in [1.165, 1.54) is 6.92 Å². The second-order valence-corrected chi connectivity index (χ2v) is 5.32. The van der Waals surface area contributed by atoms with Gasteiger partial charge in [0.25, 0.3) is 5.91 Å². The Labute approximate surface area is 138 Å². The number of hydrogen-bond donors (Lipinski definition) is 1. The Morgan fingerprint density at radius 1 is 1.18 bits per heavy atom. The summed E-state index contributed by atoms with van der Waals surface area (Å²) in [6.07, 6.45) is -0.967. The molecule has 1 aromatic rings. The molecule has 0 heterocycles. The van der Waals surface area contributed by atoms with Crippen LogP contribution in [0.15, 0.2) is 16.6 Å². The van der Waals surface area contributed by atoms with Crippen molar-refractivity contribution in [3.05, 3.63) is 22.2 Å². The van der Waals surface area contributed by atoms with Gasteiger partial charge in [-0.25, -0.2) is 0 Å². The molecule has 122 valence electrons. The third kappa shape index (κ3) is 5.22. The summed E-state index contributed by atoms with van der Waals surface area (Å²) in [6.45, 7) is 6.15. The third-order valence-corrected chi connectivity index (χ3v) is 3.49. The standard InChI is InChI=1S/C15H20BrNO5/c1-4-20-12-6-10(11(16)8-13(12)21-5-2)7-14(18)22-9(3)15(17)19/h6,8-9H,4-5,7H2,1-3H3,(H2,17,19)/t9-/m0/s1. The van der Waals surface area contributed by atoms with E-state index in [4.69, 9.17) is 19.9 Å². The van der Waals surface area contributed by atoms with Crippen LogP contribution in [0.1, 0.15) is 26.3 Å². The first kappa shape index (κ1) is 18.3. The lowest BCUT2D eigenvalue weighted by molar-refractivity contribution is -0.153. The van der Waals surface area contributed by atoms with Crippen LogP contribution >= 0.6 is 15.9 Å². The van der Waals surface area contributed by atoms with Crippen molar-refractivity contribution in [1.29, 1.82) is 0 Å². The largest absolute Gasteiger partial charge is 0.490 e. The normalized spacial score (nSPS) is 11.6. The maximum absolute atomic E-state index is 11.8. The molecule has 1 rings (SSSR count). The van der Waals surface area contributed by atoms with E-state index in [9.17, 15) is 9.59 Å². The van der Waals surface area contributed by atoms with Gasteiger partial charge in [-0.3, -0.25) is 9.59 Å². The van der Waals surface area contributed by atoms with Gasteiger partial charge in [-0.15, -0.1) is 0 Å². The van der Waals surface area contributed by atoms with Gasteiger partial charge >= 0.3 is 5.97 Å². The van der Waals surface area contributed by atoms with Crippen LogP contribution in [0.3, 0.4) is 0 Å². The second kappa shape index (κ2) is 8.63. The van der Waals surface area contributed by atoms with Gasteiger partial charge in [0, 0.05) is 4.47 Å². The second-order valence-electron chi connectivity index (χ2n) is 4.47. The molecule has 0 fully saturated rings.